The number of nitrogens with one attached hydrogen (secondary N) is 1. The standard InChI is InChI=1S/C22H26ClFN4O3/c1-26-7-5-25-9-17(26)12-4-6-27(10-12)20-16(24)8-14-19(18(20)23)28(13-2-3-13)11-15(21(14)29)22(30)31/h8,11-13,17,25H,2-7,9-10H2,1H3,(H,30,31). The fraction of sp³-hybridized carbons (Fsp3) is 0.545. The van der Waals surface area contributed by atoms with Crippen LogP contribution in [0, 0.1) is 11.7 Å². The van der Waals surface area contributed by atoms with E-state index >= 15 is 4.39 Å². The summed E-state index contributed by atoms with van der Waals surface area (Å²) in [5, 5.41) is 13.1. The Labute approximate surface area is 184 Å². The lowest BCUT2D eigenvalue weighted by molar-refractivity contribution is 0.0695. The molecule has 2 aromatic rings. The molecule has 3 fully saturated rings. The van der Waals surface area contributed by atoms with Gasteiger partial charge in [0.25, 0.3) is 0 Å². The molecular weight excluding hydrogens is 423 g/mol. The number of benzene rings is 1. The van der Waals surface area contributed by atoms with Gasteiger partial charge < -0.3 is 24.8 Å². The largest absolute Gasteiger partial charge is 0.477 e. The van der Waals surface area contributed by atoms with Crippen molar-refractivity contribution < 1.29 is 14.3 Å². The monoisotopic (exact) mass is 448 g/mol. The van der Waals surface area contributed by atoms with Gasteiger partial charge in [0, 0.05) is 51.0 Å². The average molecular weight is 449 g/mol. The van der Waals surface area contributed by atoms with Gasteiger partial charge in [0.15, 0.2) is 0 Å². The van der Waals surface area contributed by atoms with E-state index < -0.39 is 17.2 Å². The number of nitrogens with zero attached hydrogens (tertiary/aromatic N) is 3. The molecule has 3 heterocycles. The van der Waals surface area contributed by atoms with Crippen molar-refractivity contribution in [2.75, 3.05) is 44.7 Å². The van der Waals surface area contributed by atoms with Crippen molar-refractivity contribution in [2.24, 2.45) is 5.92 Å². The third-order valence-corrected chi connectivity index (χ3v) is 7.36. The van der Waals surface area contributed by atoms with Gasteiger partial charge in [-0.15, -0.1) is 0 Å². The molecule has 7 nitrogen and oxygen atoms in total. The van der Waals surface area contributed by atoms with Crippen LogP contribution in [0.15, 0.2) is 17.1 Å². The second-order valence-corrected chi connectivity index (χ2v) is 9.36. The molecule has 2 N–H and O–H groups in total. The number of anilines is 1. The highest BCUT2D eigenvalue weighted by Crippen LogP contribution is 2.43. The number of aromatic nitrogens is 1. The summed E-state index contributed by atoms with van der Waals surface area (Å²) in [5.41, 5.74) is -0.284. The topological polar surface area (TPSA) is 77.8 Å². The van der Waals surface area contributed by atoms with E-state index in [9.17, 15) is 14.7 Å². The summed E-state index contributed by atoms with van der Waals surface area (Å²) in [7, 11) is 2.13. The molecule has 3 aliphatic rings. The zero-order valence-corrected chi connectivity index (χ0v) is 18.2. The first-order chi connectivity index (χ1) is 14.9. The normalized spacial score (nSPS) is 24.8. The van der Waals surface area contributed by atoms with E-state index in [0.717, 1.165) is 38.9 Å². The summed E-state index contributed by atoms with van der Waals surface area (Å²) in [6.07, 6.45) is 4.07. The minimum atomic E-state index is -1.31. The number of carbonyl (C=O) groups is 1. The number of piperazine rings is 1. The molecule has 0 bridgehead atoms. The molecule has 0 amide bonds. The van der Waals surface area contributed by atoms with Crippen molar-refractivity contribution in [3.63, 3.8) is 0 Å². The van der Waals surface area contributed by atoms with Gasteiger partial charge >= 0.3 is 5.97 Å². The van der Waals surface area contributed by atoms with Crippen molar-refractivity contribution in [3.05, 3.63) is 38.9 Å². The number of carboxylic acids is 1. The number of fused-ring (bicyclic) bond motifs is 1. The van der Waals surface area contributed by atoms with Crippen LogP contribution < -0.4 is 15.6 Å². The Hall–Kier alpha value is -2.16. The second kappa shape index (κ2) is 7.76. The van der Waals surface area contributed by atoms with E-state index in [1.54, 1.807) is 4.57 Å². The first-order valence-electron chi connectivity index (χ1n) is 10.8. The number of halogens is 2. The van der Waals surface area contributed by atoms with Crippen LogP contribution in [0.1, 0.15) is 35.7 Å². The predicted molar refractivity (Wildman–Crippen MR) is 118 cm³/mol. The second-order valence-electron chi connectivity index (χ2n) is 8.98. The van der Waals surface area contributed by atoms with Crippen LogP contribution in [0.25, 0.3) is 10.9 Å². The SMILES string of the molecule is CN1CCNCC1C1CCN(c2c(F)cc3c(=O)c(C(=O)O)cn(C4CC4)c3c2Cl)C1. The van der Waals surface area contributed by atoms with Crippen molar-refractivity contribution in [1.82, 2.24) is 14.8 Å². The van der Waals surface area contributed by atoms with E-state index in [1.807, 2.05) is 4.90 Å². The van der Waals surface area contributed by atoms with E-state index in [4.69, 9.17) is 11.6 Å². The molecule has 2 aliphatic heterocycles. The maximum Gasteiger partial charge on any atom is 0.341 e. The lowest BCUT2D eigenvalue weighted by Crippen LogP contribution is -2.53. The minimum absolute atomic E-state index is 0.0324. The van der Waals surface area contributed by atoms with Crippen LogP contribution in [0.5, 0.6) is 0 Å². The van der Waals surface area contributed by atoms with Crippen LogP contribution in [-0.2, 0) is 0 Å². The van der Waals surface area contributed by atoms with Gasteiger partial charge in [-0.25, -0.2) is 9.18 Å². The lowest BCUT2D eigenvalue weighted by atomic mass is 9.96. The molecule has 9 heteroatoms. The highest BCUT2D eigenvalue weighted by molar-refractivity contribution is 6.38. The van der Waals surface area contributed by atoms with Crippen LogP contribution in [-0.4, -0.2) is 66.4 Å². The molecule has 1 aliphatic carbocycles. The molecule has 2 saturated heterocycles. The number of carboxylic acid groups (broad SMARTS) is 1. The number of hydrogen-bond acceptors (Lipinski definition) is 5. The molecule has 0 radical (unpaired) electrons. The van der Waals surface area contributed by atoms with E-state index in [2.05, 4.69) is 17.3 Å². The van der Waals surface area contributed by atoms with Gasteiger partial charge in [0.2, 0.25) is 5.43 Å². The summed E-state index contributed by atoms with van der Waals surface area (Å²) in [6, 6.07) is 1.65. The molecular formula is C22H26ClFN4O3. The van der Waals surface area contributed by atoms with Crippen LogP contribution in [0.3, 0.4) is 0 Å². The number of rotatable bonds is 4. The first kappa shape index (κ1) is 20.7. The summed E-state index contributed by atoms with van der Waals surface area (Å²) in [5.74, 6) is -1.49. The maximum absolute atomic E-state index is 15.3. The summed E-state index contributed by atoms with van der Waals surface area (Å²) >= 11 is 6.76. The van der Waals surface area contributed by atoms with Crippen molar-refractivity contribution in [1.29, 1.82) is 0 Å². The number of likely N-dealkylation sites (N-methyl/N-ethyl adjacent to an activating group) is 1. The summed E-state index contributed by atoms with van der Waals surface area (Å²) in [4.78, 5) is 28.7. The van der Waals surface area contributed by atoms with Crippen LogP contribution >= 0.6 is 11.6 Å². The Balaban J connectivity index is 1.57. The Morgan fingerprint density at radius 2 is 2.06 bits per heavy atom. The van der Waals surface area contributed by atoms with E-state index in [0.29, 0.717) is 36.3 Å². The Morgan fingerprint density at radius 3 is 2.74 bits per heavy atom. The number of pyridine rings is 1. The Kier molecular flexibility index (Phi) is 5.19. The molecule has 1 aromatic carbocycles. The quantitative estimate of drug-likeness (QED) is 0.748. The Morgan fingerprint density at radius 1 is 1.29 bits per heavy atom. The maximum atomic E-state index is 15.3. The van der Waals surface area contributed by atoms with Crippen molar-refractivity contribution in [3.8, 4) is 0 Å². The van der Waals surface area contributed by atoms with Crippen LogP contribution in [0.4, 0.5) is 10.1 Å². The summed E-state index contributed by atoms with van der Waals surface area (Å²) < 4.78 is 17.1. The third kappa shape index (κ3) is 3.50. The lowest BCUT2D eigenvalue weighted by Gasteiger charge is -2.37. The molecule has 2 unspecified atom stereocenters. The average Bonchev–Trinajstić information content (AvgIpc) is 3.47. The molecule has 2 atom stereocenters. The third-order valence-electron chi connectivity index (χ3n) is 7.00. The molecule has 0 spiro atoms. The van der Waals surface area contributed by atoms with Gasteiger partial charge in [0.05, 0.1) is 21.6 Å². The zero-order chi connectivity index (χ0) is 21.9. The fourth-order valence-electron chi connectivity index (χ4n) is 5.17. The Bertz CT molecular complexity index is 1120. The number of aromatic carboxylic acids is 1. The molecule has 1 saturated carbocycles. The zero-order valence-electron chi connectivity index (χ0n) is 17.4. The van der Waals surface area contributed by atoms with Crippen molar-refractivity contribution >= 4 is 34.2 Å². The molecule has 166 valence electrons. The molecule has 31 heavy (non-hydrogen) atoms. The van der Waals surface area contributed by atoms with E-state index in [-0.39, 0.29) is 22.0 Å². The fourth-order valence-corrected chi connectivity index (χ4v) is 5.58. The predicted octanol–water partition coefficient (Wildman–Crippen LogP) is 2.56. The first-order valence-corrected chi connectivity index (χ1v) is 11.2. The van der Waals surface area contributed by atoms with Gasteiger partial charge in [-0.3, -0.25) is 4.79 Å². The molecule has 1 aromatic heterocycles. The van der Waals surface area contributed by atoms with Crippen molar-refractivity contribution in [2.45, 2.75) is 31.3 Å². The number of hydrogen-bond donors (Lipinski definition) is 2. The molecule has 5 rings (SSSR count). The van der Waals surface area contributed by atoms with Gasteiger partial charge in [0.1, 0.15) is 11.4 Å². The van der Waals surface area contributed by atoms with Gasteiger partial charge in [-0.05, 0) is 38.3 Å². The highest BCUT2D eigenvalue weighted by atomic mass is 35.5. The van der Waals surface area contributed by atoms with Gasteiger partial charge in [-0.1, -0.05) is 11.6 Å². The van der Waals surface area contributed by atoms with Gasteiger partial charge in [-0.2, -0.15) is 0 Å². The summed E-state index contributed by atoms with van der Waals surface area (Å²) in [6.45, 7) is 4.28. The van der Waals surface area contributed by atoms with E-state index in [1.165, 1.54) is 12.3 Å². The van der Waals surface area contributed by atoms with Crippen LogP contribution in [0.2, 0.25) is 5.02 Å². The minimum Gasteiger partial charge on any atom is -0.477 e. The highest BCUT2D eigenvalue weighted by Gasteiger charge is 2.36. The smallest absolute Gasteiger partial charge is 0.341 e.